The van der Waals surface area contributed by atoms with Gasteiger partial charge < -0.3 is 9.88 Å². The molecule has 0 aliphatic heterocycles. The fraction of sp³-hybridized carbons (Fsp3) is 0.333. The van der Waals surface area contributed by atoms with Crippen molar-refractivity contribution in [2.24, 2.45) is 12.2 Å². The predicted molar refractivity (Wildman–Crippen MR) is 74.1 cm³/mol. The number of benzene rings is 1. The molecule has 1 aromatic heterocycles. The standard InChI is InChI=1S/C12H17N5O2S/c1-9(14-7-12-16-15-8-17(12)2)10-4-3-5-11(6-10)20(13,18)19/h3-6,8-9,14H,7H2,1-2H3,(H2,13,18,19). The molecule has 2 aromatic rings. The fourth-order valence-corrected chi connectivity index (χ4v) is 2.36. The number of aromatic nitrogens is 3. The van der Waals surface area contributed by atoms with Gasteiger partial charge in [-0.1, -0.05) is 12.1 Å². The van der Waals surface area contributed by atoms with Crippen LogP contribution in [-0.4, -0.2) is 23.2 Å². The van der Waals surface area contributed by atoms with Crippen LogP contribution in [0.15, 0.2) is 35.5 Å². The van der Waals surface area contributed by atoms with Gasteiger partial charge in [0.1, 0.15) is 12.2 Å². The van der Waals surface area contributed by atoms with Crippen molar-refractivity contribution >= 4 is 10.0 Å². The quantitative estimate of drug-likeness (QED) is 0.826. The van der Waals surface area contributed by atoms with Crippen LogP contribution in [-0.2, 0) is 23.6 Å². The fourth-order valence-electron chi connectivity index (χ4n) is 1.79. The third-order valence-corrected chi connectivity index (χ3v) is 3.97. The monoisotopic (exact) mass is 295 g/mol. The highest BCUT2D eigenvalue weighted by atomic mass is 32.2. The van der Waals surface area contributed by atoms with E-state index in [9.17, 15) is 8.42 Å². The Labute approximate surface area is 117 Å². The molecule has 0 aliphatic rings. The molecule has 1 unspecified atom stereocenters. The average Bonchev–Trinajstić information content (AvgIpc) is 2.81. The minimum atomic E-state index is -3.68. The van der Waals surface area contributed by atoms with Crippen LogP contribution in [0.25, 0.3) is 0 Å². The molecule has 0 spiro atoms. The zero-order chi connectivity index (χ0) is 14.8. The molecule has 3 N–H and O–H groups in total. The maximum atomic E-state index is 11.3. The molecule has 108 valence electrons. The predicted octanol–water partition coefficient (Wildman–Crippen LogP) is 0.313. The van der Waals surface area contributed by atoms with E-state index in [1.807, 2.05) is 24.6 Å². The summed E-state index contributed by atoms with van der Waals surface area (Å²) < 4.78 is 24.5. The molecular formula is C12H17N5O2S. The number of primary sulfonamides is 1. The molecule has 0 saturated heterocycles. The Morgan fingerprint density at radius 3 is 2.80 bits per heavy atom. The molecule has 0 bridgehead atoms. The van der Waals surface area contributed by atoms with Gasteiger partial charge in [-0.05, 0) is 24.6 Å². The van der Waals surface area contributed by atoms with Crippen molar-refractivity contribution < 1.29 is 8.42 Å². The summed E-state index contributed by atoms with van der Waals surface area (Å²) in [5.74, 6) is 0.805. The van der Waals surface area contributed by atoms with Crippen LogP contribution in [0.3, 0.4) is 0 Å². The number of nitrogens with zero attached hydrogens (tertiary/aromatic N) is 3. The van der Waals surface area contributed by atoms with Crippen LogP contribution >= 0.6 is 0 Å². The average molecular weight is 295 g/mol. The van der Waals surface area contributed by atoms with Gasteiger partial charge in [0.2, 0.25) is 10.0 Å². The van der Waals surface area contributed by atoms with Crippen molar-refractivity contribution in [2.45, 2.75) is 24.4 Å². The van der Waals surface area contributed by atoms with E-state index in [2.05, 4.69) is 15.5 Å². The number of nitrogens with two attached hydrogens (primary N) is 1. The number of nitrogens with one attached hydrogen (secondary N) is 1. The van der Waals surface area contributed by atoms with E-state index in [1.165, 1.54) is 6.07 Å². The first kappa shape index (κ1) is 14.6. The van der Waals surface area contributed by atoms with Crippen LogP contribution in [0.1, 0.15) is 24.4 Å². The molecule has 0 saturated carbocycles. The van der Waals surface area contributed by atoms with Crippen LogP contribution < -0.4 is 10.5 Å². The van der Waals surface area contributed by atoms with Gasteiger partial charge in [0.15, 0.2) is 0 Å². The number of sulfonamides is 1. The minimum Gasteiger partial charge on any atom is -0.320 e. The van der Waals surface area contributed by atoms with E-state index >= 15 is 0 Å². The molecule has 1 aromatic carbocycles. The molecule has 8 heteroatoms. The van der Waals surface area contributed by atoms with Crippen LogP contribution in [0.5, 0.6) is 0 Å². The third kappa shape index (κ3) is 3.41. The Morgan fingerprint density at radius 2 is 2.20 bits per heavy atom. The zero-order valence-corrected chi connectivity index (χ0v) is 12.1. The lowest BCUT2D eigenvalue weighted by Gasteiger charge is -2.14. The third-order valence-electron chi connectivity index (χ3n) is 3.06. The van der Waals surface area contributed by atoms with E-state index in [4.69, 9.17) is 5.14 Å². The van der Waals surface area contributed by atoms with E-state index in [0.717, 1.165) is 11.4 Å². The highest BCUT2D eigenvalue weighted by Crippen LogP contribution is 2.16. The summed E-state index contributed by atoms with van der Waals surface area (Å²) >= 11 is 0. The Balaban J connectivity index is 2.10. The van der Waals surface area contributed by atoms with Crippen molar-refractivity contribution in [3.05, 3.63) is 42.0 Å². The van der Waals surface area contributed by atoms with Crippen molar-refractivity contribution in [2.75, 3.05) is 0 Å². The first-order chi connectivity index (χ1) is 9.38. The summed E-state index contributed by atoms with van der Waals surface area (Å²) in [5.41, 5.74) is 0.846. The van der Waals surface area contributed by atoms with Crippen LogP contribution in [0, 0.1) is 0 Å². The Hall–Kier alpha value is -1.77. The van der Waals surface area contributed by atoms with Crippen molar-refractivity contribution in [3.8, 4) is 0 Å². The highest BCUT2D eigenvalue weighted by Gasteiger charge is 2.12. The van der Waals surface area contributed by atoms with Crippen molar-refractivity contribution in [3.63, 3.8) is 0 Å². The maximum Gasteiger partial charge on any atom is 0.238 e. The van der Waals surface area contributed by atoms with Gasteiger partial charge in [0.05, 0.1) is 11.4 Å². The summed E-state index contributed by atoms with van der Waals surface area (Å²) in [6.07, 6.45) is 1.63. The molecule has 2 rings (SSSR count). The smallest absolute Gasteiger partial charge is 0.238 e. The Kier molecular flexibility index (Phi) is 4.17. The lowest BCUT2D eigenvalue weighted by Crippen LogP contribution is -2.21. The molecule has 0 amide bonds. The van der Waals surface area contributed by atoms with Crippen LogP contribution in [0.4, 0.5) is 0 Å². The van der Waals surface area contributed by atoms with E-state index in [1.54, 1.807) is 18.5 Å². The molecular weight excluding hydrogens is 278 g/mol. The Bertz CT molecular complexity index is 695. The van der Waals surface area contributed by atoms with Gasteiger partial charge in [-0.3, -0.25) is 0 Å². The molecule has 0 aliphatic carbocycles. The topological polar surface area (TPSA) is 103 Å². The second-order valence-electron chi connectivity index (χ2n) is 4.58. The number of aryl methyl sites for hydroxylation is 1. The van der Waals surface area contributed by atoms with E-state index in [-0.39, 0.29) is 10.9 Å². The molecule has 20 heavy (non-hydrogen) atoms. The normalized spacial score (nSPS) is 13.3. The molecule has 1 atom stereocenters. The molecule has 1 heterocycles. The summed E-state index contributed by atoms with van der Waals surface area (Å²) in [7, 11) is -1.81. The van der Waals surface area contributed by atoms with Crippen molar-refractivity contribution in [1.82, 2.24) is 20.1 Å². The largest absolute Gasteiger partial charge is 0.320 e. The van der Waals surface area contributed by atoms with Gasteiger partial charge in [-0.15, -0.1) is 10.2 Å². The minimum absolute atomic E-state index is 0.0339. The molecule has 0 radical (unpaired) electrons. The van der Waals surface area contributed by atoms with Gasteiger partial charge >= 0.3 is 0 Å². The molecule has 0 fully saturated rings. The van der Waals surface area contributed by atoms with Gasteiger partial charge in [-0.25, -0.2) is 13.6 Å². The maximum absolute atomic E-state index is 11.3. The lowest BCUT2D eigenvalue weighted by molar-refractivity contribution is 0.547. The summed E-state index contributed by atoms with van der Waals surface area (Å²) in [4.78, 5) is 0.113. The van der Waals surface area contributed by atoms with Gasteiger partial charge in [-0.2, -0.15) is 0 Å². The van der Waals surface area contributed by atoms with Gasteiger partial charge in [0, 0.05) is 13.1 Å². The number of hydrogen-bond donors (Lipinski definition) is 2. The second kappa shape index (κ2) is 5.70. The second-order valence-corrected chi connectivity index (χ2v) is 6.14. The summed E-state index contributed by atoms with van der Waals surface area (Å²) in [6.45, 7) is 2.48. The van der Waals surface area contributed by atoms with Crippen molar-refractivity contribution in [1.29, 1.82) is 0 Å². The first-order valence-electron chi connectivity index (χ1n) is 6.07. The Morgan fingerprint density at radius 1 is 1.45 bits per heavy atom. The van der Waals surface area contributed by atoms with E-state index in [0.29, 0.717) is 6.54 Å². The highest BCUT2D eigenvalue weighted by molar-refractivity contribution is 7.89. The van der Waals surface area contributed by atoms with Crippen LogP contribution in [0.2, 0.25) is 0 Å². The lowest BCUT2D eigenvalue weighted by atomic mass is 10.1. The SMILES string of the molecule is CC(NCc1nncn1C)c1cccc(S(N)(=O)=O)c1. The zero-order valence-electron chi connectivity index (χ0n) is 11.3. The number of hydrogen-bond acceptors (Lipinski definition) is 5. The number of rotatable bonds is 5. The van der Waals surface area contributed by atoms with E-state index < -0.39 is 10.0 Å². The first-order valence-corrected chi connectivity index (χ1v) is 7.61. The molecule has 7 nitrogen and oxygen atoms in total. The summed E-state index contributed by atoms with van der Waals surface area (Å²) in [6, 6.07) is 6.55. The van der Waals surface area contributed by atoms with Gasteiger partial charge in [0.25, 0.3) is 0 Å². The summed E-state index contributed by atoms with van der Waals surface area (Å²) in [5, 5.41) is 16.2.